The quantitative estimate of drug-likeness (QED) is 0.862. The number of carboxylic acid groups (broad SMARTS) is 1. The van der Waals surface area contributed by atoms with Gasteiger partial charge in [0.15, 0.2) is 0 Å². The van der Waals surface area contributed by atoms with Crippen LogP contribution in [0.15, 0.2) is 18.2 Å². The fraction of sp³-hybridized carbons (Fsp3) is 0.364. The number of aromatic carboxylic acids is 1. The maximum absolute atomic E-state index is 11.8. The molecule has 0 aromatic heterocycles. The number of carbonyl (C=O) groups is 1. The molecule has 0 atom stereocenters. The maximum Gasteiger partial charge on any atom is 0.335 e. The van der Waals surface area contributed by atoms with Gasteiger partial charge < -0.3 is 5.11 Å². The lowest BCUT2D eigenvalue weighted by Gasteiger charge is -2.19. The fourth-order valence-electron chi connectivity index (χ4n) is 1.92. The van der Waals surface area contributed by atoms with Gasteiger partial charge in [0.1, 0.15) is 0 Å². The van der Waals surface area contributed by atoms with Crippen LogP contribution in [-0.4, -0.2) is 31.8 Å². The number of hydrogen-bond acceptors (Lipinski definition) is 3. The van der Waals surface area contributed by atoms with E-state index in [-0.39, 0.29) is 11.3 Å². The molecule has 6 heteroatoms. The summed E-state index contributed by atoms with van der Waals surface area (Å²) in [7, 11) is -3.26. The first-order valence-electron chi connectivity index (χ1n) is 5.26. The Labute approximate surface area is 99.7 Å². The predicted molar refractivity (Wildman–Crippen MR) is 63.9 cm³/mol. The number of nitrogens with zero attached hydrogens (tertiary/aromatic N) is 1. The van der Waals surface area contributed by atoms with E-state index in [2.05, 4.69) is 0 Å². The van der Waals surface area contributed by atoms with E-state index in [0.717, 1.165) is 5.56 Å². The highest BCUT2D eigenvalue weighted by Gasteiger charge is 2.29. The maximum atomic E-state index is 11.8. The zero-order chi connectivity index (χ0) is 12.6. The molecule has 1 saturated heterocycles. The fourth-order valence-corrected chi connectivity index (χ4v) is 3.54. The summed E-state index contributed by atoms with van der Waals surface area (Å²) >= 11 is 0. The minimum absolute atomic E-state index is 0.104. The molecule has 0 aliphatic carbocycles. The van der Waals surface area contributed by atoms with E-state index in [1.807, 2.05) is 0 Å². The summed E-state index contributed by atoms with van der Waals surface area (Å²) in [4.78, 5) is 10.9. The van der Waals surface area contributed by atoms with Crippen LogP contribution in [0.2, 0.25) is 0 Å². The van der Waals surface area contributed by atoms with E-state index in [0.29, 0.717) is 18.7 Å². The zero-order valence-corrected chi connectivity index (χ0v) is 10.2. The van der Waals surface area contributed by atoms with Gasteiger partial charge in [0.05, 0.1) is 17.0 Å². The molecule has 17 heavy (non-hydrogen) atoms. The van der Waals surface area contributed by atoms with Gasteiger partial charge in [-0.3, -0.25) is 4.31 Å². The van der Waals surface area contributed by atoms with Crippen LogP contribution >= 0.6 is 0 Å². The van der Waals surface area contributed by atoms with E-state index < -0.39 is 16.0 Å². The largest absolute Gasteiger partial charge is 0.478 e. The molecule has 1 aliphatic heterocycles. The van der Waals surface area contributed by atoms with E-state index in [1.165, 1.54) is 16.4 Å². The molecule has 0 spiro atoms. The number of benzene rings is 1. The molecular formula is C11H13NO4S. The van der Waals surface area contributed by atoms with E-state index in [1.54, 1.807) is 13.0 Å². The zero-order valence-electron chi connectivity index (χ0n) is 9.38. The smallest absolute Gasteiger partial charge is 0.335 e. The third-order valence-electron chi connectivity index (χ3n) is 2.82. The van der Waals surface area contributed by atoms with Crippen molar-refractivity contribution >= 4 is 21.7 Å². The first-order valence-corrected chi connectivity index (χ1v) is 6.87. The Balaban J connectivity index is 2.51. The molecule has 0 bridgehead atoms. The molecular weight excluding hydrogens is 242 g/mol. The van der Waals surface area contributed by atoms with Crippen molar-refractivity contribution in [2.45, 2.75) is 13.3 Å². The van der Waals surface area contributed by atoms with Gasteiger partial charge in [-0.25, -0.2) is 13.2 Å². The highest BCUT2D eigenvalue weighted by Crippen LogP contribution is 2.28. The van der Waals surface area contributed by atoms with Crippen molar-refractivity contribution in [1.29, 1.82) is 0 Å². The molecule has 1 aromatic rings. The highest BCUT2D eigenvalue weighted by atomic mass is 32.2. The predicted octanol–water partition coefficient (Wildman–Crippen LogP) is 1.23. The molecule has 0 amide bonds. The standard InChI is InChI=1S/C11H13NO4S/c1-8-3-4-9(11(13)14)7-10(8)12-5-2-6-17(12,15)16/h3-4,7H,2,5-6H2,1H3,(H,13,14). The van der Waals surface area contributed by atoms with Crippen molar-refractivity contribution in [3.63, 3.8) is 0 Å². The Morgan fingerprint density at radius 1 is 1.41 bits per heavy atom. The van der Waals surface area contributed by atoms with E-state index >= 15 is 0 Å². The van der Waals surface area contributed by atoms with E-state index in [9.17, 15) is 13.2 Å². The van der Waals surface area contributed by atoms with Gasteiger partial charge >= 0.3 is 5.97 Å². The Morgan fingerprint density at radius 2 is 2.12 bits per heavy atom. The first kappa shape index (κ1) is 11.9. The topological polar surface area (TPSA) is 74.7 Å². The Bertz CT molecular complexity index is 565. The summed E-state index contributed by atoms with van der Waals surface area (Å²) in [5.74, 6) is -0.924. The molecule has 0 saturated carbocycles. The number of anilines is 1. The molecule has 1 heterocycles. The van der Waals surface area contributed by atoms with Crippen LogP contribution in [0.3, 0.4) is 0 Å². The number of carboxylic acids is 1. The molecule has 92 valence electrons. The molecule has 5 nitrogen and oxygen atoms in total. The molecule has 0 unspecified atom stereocenters. The number of hydrogen-bond donors (Lipinski definition) is 1. The monoisotopic (exact) mass is 255 g/mol. The Hall–Kier alpha value is -1.56. The lowest BCUT2D eigenvalue weighted by Crippen LogP contribution is -2.26. The summed E-state index contributed by atoms with van der Waals surface area (Å²) in [6, 6.07) is 4.52. The summed E-state index contributed by atoms with van der Waals surface area (Å²) in [6.45, 7) is 2.20. The molecule has 1 aromatic carbocycles. The lowest BCUT2D eigenvalue weighted by atomic mass is 10.1. The summed E-state index contributed by atoms with van der Waals surface area (Å²) in [5.41, 5.74) is 1.34. The van der Waals surface area contributed by atoms with Gasteiger partial charge in [0.2, 0.25) is 10.0 Å². The number of aryl methyl sites for hydroxylation is 1. The van der Waals surface area contributed by atoms with Gasteiger partial charge in [-0.2, -0.15) is 0 Å². The number of sulfonamides is 1. The van der Waals surface area contributed by atoms with Crippen molar-refractivity contribution < 1.29 is 18.3 Å². The summed E-state index contributed by atoms with van der Waals surface area (Å²) in [6.07, 6.45) is 0.582. The molecule has 1 fully saturated rings. The van der Waals surface area contributed by atoms with Crippen molar-refractivity contribution in [3.05, 3.63) is 29.3 Å². The SMILES string of the molecule is Cc1ccc(C(=O)O)cc1N1CCCS1(=O)=O. The molecule has 1 N–H and O–H groups in total. The second-order valence-electron chi connectivity index (χ2n) is 4.05. The third kappa shape index (κ3) is 2.12. The summed E-state index contributed by atoms with van der Waals surface area (Å²) < 4.78 is 24.8. The summed E-state index contributed by atoms with van der Waals surface area (Å²) in [5, 5.41) is 8.91. The second-order valence-corrected chi connectivity index (χ2v) is 6.06. The average Bonchev–Trinajstić information content (AvgIpc) is 2.58. The van der Waals surface area contributed by atoms with Gasteiger partial charge in [0, 0.05) is 6.54 Å². The normalized spacial score (nSPS) is 18.3. The van der Waals surface area contributed by atoms with Crippen LogP contribution in [0.4, 0.5) is 5.69 Å². The first-order chi connectivity index (χ1) is 7.92. The Kier molecular flexibility index (Phi) is 2.82. The van der Waals surface area contributed by atoms with Crippen molar-refractivity contribution in [2.75, 3.05) is 16.6 Å². The van der Waals surface area contributed by atoms with Crippen LogP contribution in [-0.2, 0) is 10.0 Å². The highest BCUT2D eigenvalue weighted by molar-refractivity contribution is 7.93. The van der Waals surface area contributed by atoms with Crippen LogP contribution in [0.5, 0.6) is 0 Å². The van der Waals surface area contributed by atoms with Gasteiger partial charge in [-0.15, -0.1) is 0 Å². The van der Waals surface area contributed by atoms with Crippen LogP contribution in [0.1, 0.15) is 22.3 Å². The minimum Gasteiger partial charge on any atom is -0.478 e. The van der Waals surface area contributed by atoms with Gasteiger partial charge in [-0.05, 0) is 31.0 Å². The van der Waals surface area contributed by atoms with Crippen molar-refractivity contribution in [3.8, 4) is 0 Å². The minimum atomic E-state index is -3.26. The van der Waals surface area contributed by atoms with Crippen molar-refractivity contribution in [2.24, 2.45) is 0 Å². The van der Waals surface area contributed by atoms with Crippen LogP contribution in [0, 0.1) is 6.92 Å². The Morgan fingerprint density at radius 3 is 2.65 bits per heavy atom. The third-order valence-corrected chi connectivity index (χ3v) is 4.68. The molecule has 0 radical (unpaired) electrons. The lowest BCUT2D eigenvalue weighted by molar-refractivity contribution is 0.0697. The molecule has 2 rings (SSSR count). The van der Waals surface area contributed by atoms with Gasteiger partial charge in [0.25, 0.3) is 0 Å². The van der Waals surface area contributed by atoms with Crippen molar-refractivity contribution in [1.82, 2.24) is 0 Å². The van der Waals surface area contributed by atoms with E-state index in [4.69, 9.17) is 5.11 Å². The van der Waals surface area contributed by atoms with Gasteiger partial charge in [-0.1, -0.05) is 6.07 Å². The number of rotatable bonds is 2. The average molecular weight is 255 g/mol. The second kappa shape index (κ2) is 4.03. The van der Waals surface area contributed by atoms with Crippen LogP contribution < -0.4 is 4.31 Å². The molecule has 1 aliphatic rings. The van der Waals surface area contributed by atoms with Crippen LogP contribution in [0.25, 0.3) is 0 Å².